The van der Waals surface area contributed by atoms with Crippen molar-refractivity contribution in [1.29, 1.82) is 0 Å². The molecule has 7 heteroatoms. The minimum atomic E-state index is -1.06. The largest absolute Gasteiger partial charge is 0.465 e. The van der Waals surface area contributed by atoms with Crippen LogP contribution in [0.25, 0.3) is 0 Å². The van der Waals surface area contributed by atoms with Gasteiger partial charge in [0, 0.05) is 12.5 Å². The van der Waals surface area contributed by atoms with E-state index in [0.29, 0.717) is 5.56 Å². The molecule has 0 heterocycles. The summed E-state index contributed by atoms with van der Waals surface area (Å²) in [5, 5.41) is 13.9. The predicted molar refractivity (Wildman–Crippen MR) is 113 cm³/mol. The molecule has 5 N–H and O–H groups in total. The van der Waals surface area contributed by atoms with Gasteiger partial charge in [0.25, 0.3) is 0 Å². The summed E-state index contributed by atoms with van der Waals surface area (Å²) < 4.78 is 0. The molecule has 2 unspecified atom stereocenters. The van der Waals surface area contributed by atoms with Crippen LogP contribution in [0.4, 0.5) is 4.79 Å². The van der Waals surface area contributed by atoms with Crippen LogP contribution in [-0.4, -0.2) is 23.0 Å². The zero-order valence-corrected chi connectivity index (χ0v) is 16.7. The van der Waals surface area contributed by atoms with Gasteiger partial charge in [-0.05, 0) is 35.4 Å². The fraction of sp³-hybridized carbons (Fsp3) is 0.348. The van der Waals surface area contributed by atoms with Crippen LogP contribution in [0.15, 0.2) is 54.6 Å². The highest BCUT2D eigenvalue weighted by molar-refractivity contribution is 5.89. The molecule has 0 aromatic heterocycles. The lowest BCUT2D eigenvalue weighted by molar-refractivity contribution is -0.131. The molecule has 30 heavy (non-hydrogen) atoms. The van der Waals surface area contributed by atoms with Crippen molar-refractivity contribution in [3.8, 4) is 0 Å². The highest BCUT2D eigenvalue weighted by Gasteiger charge is 2.34. The molecule has 1 aliphatic rings. The predicted octanol–water partition coefficient (Wildman–Crippen LogP) is 3.07. The van der Waals surface area contributed by atoms with Crippen molar-refractivity contribution >= 4 is 17.9 Å². The second kappa shape index (κ2) is 9.91. The molecule has 0 radical (unpaired) electrons. The molecule has 0 spiro atoms. The van der Waals surface area contributed by atoms with Crippen molar-refractivity contribution in [2.75, 3.05) is 0 Å². The fourth-order valence-corrected chi connectivity index (χ4v) is 4.12. The lowest BCUT2D eigenvalue weighted by Crippen LogP contribution is -2.42. The van der Waals surface area contributed by atoms with Crippen LogP contribution in [-0.2, 0) is 16.1 Å². The topological polar surface area (TPSA) is 122 Å². The van der Waals surface area contributed by atoms with E-state index >= 15 is 0 Å². The first-order valence-corrected chi connectivity index (χ1v) is 10.2. The van der Waals surface area contributed by atoms with Gasteiger partial charge in [-0.1, -0.05) is 67.4 Å². The fourth-order valence-electron chi connectivity index (χ4n) is 4.12. The number of benzene rings is 2. The van der Waals surface area contributed by atoms with Crippen molar-refractivity contribution in [2.24, 2.45) is 11.7 Å². The third-order valence-electron chi connectivity index (χ3n) is 5.66. The average Bonchev–Trinajstić information content (AvgIpc) is 2.76. The molecule has 0 saturated heterocycles. The average molecular weight is 409 g/mol. The van der Waals surface area contributed by atoms with Crippen molar-refractivity contribution in [2.45, 2.75) is 44.2 Å². The van der Waals surface area contributed by atoms with Crippen LogP contribution in [0.1, 0.15) is 54.3 Å². The lowest BCUT2D eigenvalue weighted by Gasteiger charge is -2.32. The molecule has 0 aliphatic heterocycles. The van der Waals surface area contributed by atoms with E-state index in [9.17, 15) is 14.4 Å². The summed E-state index contributed by atoms with van der Waals surface area (Å²) in [7, 11) is 0. The summed E-state index contributed by atoms with van der Waals surface area (Å²) in [6.07, 6.45) is 2.57. The molecule has 3 amide bonds. The number of amides is 3. The second-order valence-corrected chi connectivity index (χ2v) is 7.65. The third kappa shape index (κ3) is 5.37. The second-order valence-electron chi connectivity index (χ2n) is 7.65. The Morgan fingerprint density at radius 3 is 2.30 bits per heavy atom. The van der Waals surface area contributed by atoms with E-state index in [4.69, 9.17) is 10.8 Å². The van der Waals surface area contributed by atoms with E-state index in [1.807, 2.05) is 42.5 Å². The van der Waals surface area contributed by atoms with E-state index in [1.54, 1.807) is 12.1 Å². The van der Waals surface area contributed by atoms with Gasteiger partial charge in [0.05, 0.1) is 0 Å². The highest BCUT2D eigenvalue weighted by atomic mass is 16.4. The number of carbonyl (C=O) groups excluding carboxylic acids is 2. The van der Waals surface area contributed by atoms with Gasteiger partial charge >= 0.3 is 6.09 Å². The van der Waals surface area contributed by atoms with Crippen molar-refractivity contribution in [3.05, 3.63) is 71.3 Å². The first-order valence-electron chi connectivity index (χ1n) is 10.2. The maximum Gasteiger partial charge on any atom is 0.404 e. The van der Waals surface area contributed by atoms with Crippen LogP contribution in [0.2, 0.25) is 0 Å². The molecule has 1 saturated carbocycles. The zero-order chi connectivity index (χ0) is 21.5. The van der Waals surface area contributed by atoms with E-state index in [1.165, 1.54) is 0 Å². The Morgan fingerprint density at radius 2 is 1.67 bits per heavy atom. The Balaban J connectivity index is 1.73. The van der Waals surface area contributed by atoms with Crippen LogP contribution < -0.4 is 16.4 Å². The maximum absolute atomic E-state index is 13.1. The number of carboxylic acid groups (broad SMARTS) is 1. The molecule has 7 nitrogen and oxygen atoms in total. The van der Waals surface area contributed by atoms with E-state index < -0.39 is 18.0 Å². The van der Waals surface area contributed by atoms with Crippen LogP contribution in [0.5, 0.6) is 0 Å². The first-order chi connectivity index (χ1) is 14.5. The summed E-state index contributed by atoms with van der Waals surface area (Å²) >= 11 is 0. The summed E-state index contributed by atoms with van der Waals surface area (Å²) in [6, 6.07) is 15.8. The standard InChI is InChI=1S/C23H27N3O4/c24-21(27)20(17-6-2-1-3-7-17)26-22(28)19-9-5-4-8-18(19)16-12-10-15(11-13-16)14-25-23(29)30/h1-3,6-7,10-13,18-20,25H,4-5,8-9,14H2,(H2,24,27)(H,26,28)(H,29,30)/t18?,19?,20-/m0/s1. The van der Waals surface area contributed by atoms with Crippen LogP contribution >= 0.6 is 0 Å². The molecule has 3 rings (SSSR count). The van der Waals surface area contributed by atoms with Gasteiger partial charge in [0.15, 0.2) is 0 Å². The summed E-state index contributed by atoms with van der Waals surface area (Å²) in [6.45, 7) is 0.238. The zero-order valence-electron chi connectivity index (χ0n) is 16.7. The Bertz CT molecular complexity index is 883. The van der Waals surface area contributed by atoms with Crippen LogP contribution in [0.3, 0.4) is 0 Å². The van der Waals surface area contributed by atoms with E-state index in [2.05, 4.69) is 10.6 Å². The highest BCUT2D eigenvalue weighted by Crippen LogP contribution is 2.38. The van der Waals surface area contributed by atoms with Gasteiger partial charge in [0.1, 0.15) is 6.04 Å². The Morgan fingerprint density at radius 1 is 1.00 bits per heavy atom. The lowest BCUT2D eigenvalue weighted by atomic mass is 9.74. The molecule has 2 aromatic carbocycles. The van der Waals surface area contributed by atoms with Crippen molar-refractivity contribution < 1.29 is 19.5 Å². The Kier molecular flexibility index (Phi) is 7.06. The molecule has 3 atom stereocenters. The Hall–Kier alpha value is -3.35. The SMILES string of the molecule is NC(=O)[C@@H](NC(=O)C1CCCCC1c1ccc(CNC(=O)O)cc1)c1ccccc1. The molecule has 158 valence electrons. The minimum absolute atomic E-state index is 0.0459. The molecular weight excluding hydrogens is 382 g/mol. The monoisotopic (exact) mass is 409 g/mol. The normalized spacial score (nSPS) is 19.5. The van der Waals surface area contributed by atoms with Gasteiger partial charge in [-0.25, -0.2) is 4.79 Å². The van der Waals surface area contributed by atoms with Gasteiger partial charge < -0.3 is 21.5 Å². The molecule has 2 aromatic rings. The molecule has 0 bridgehead atoms. The maximum atomic E-state index is 13.1. The third-order valence-corrected chi connectivity index (χ3v) is 5.66. The number of hydrogen-bond acceptors (Lipinski definition) is 3. The van der Waals surface area contributed by atoms with E-state index in [0.717, 1.165) is 36.8 Å². The minimum Gasteiger partial charge on any atom is -0.465 e. The summed E-state index contributed by atoms with van der Waals surface area (Å²) in [5.74, 6) is -0.946. The molecule has 1 aliphatic carbocycles. The number of nitrogens with two attached hydrogens (primary N) is 1. The smallest absolute Gasteiger partial charge is 0.404 e. The van der Waals surface area contributed by atoms with Gasteiger partial charge in [-0.3, -0.25) is 9.59 Å². The van der Waals surface area contributed by atoms with Crippen molar-refractivity contribution in [3.63, 3.8) is 0 Å². The number of hydrogen-bond donors (Lipinski definition) is 4. The van der Waals surface area contributed by atoms with Gasteiger partial charge in [-0.2, -0.15) is 0 Å². The number of rotatable bonds is 7. The van der Waals surface area contributed by atoms with Gasteiger partial charge in [-0.15, -0.1) is 0 Å². The van der Waals surface area contributed by atoms with Gasteiger partial charge in [0.2, 0.25) is 11.8 Å². The Labute approximate surface area is 175 Å². The number of nitrogens with one attached hydrogen (secondary N) is 2. The number of primary amides is 1. The first kappa shape index (κ1) is 21.4. The van der Waals surface area contributed by atoms with Crippen LogP contribution in [0, 0.1) is 5.92 Å². The quantitative estimate of drug-likeness (QED) is 0.561. The summed E-state index contributed by atoms with van der Waals surface area (Å²) in [4.78, 5) is 35.8. The molecular formula is C23H27N3O4. The molecule has 1 fully saturated rings. The van der Waals surface area contributed by atoms with E-state index in [-0.39, 0.29) is 24.3 Å². The van der Waals surface area contributed by atoms with Crippen molar-refractivity contribution in [1.82, 2.24) is 10.6 Å². The summed E-state index contributed by atoms with van der Waals surface area (Å²) in [5.41, 5.74) is 8.13. The number of carbonyl (C=O) groups is 3.